The van der Waals surface area contributed by atoms with Crippen molar-refractivity contribution in [2.75, 3.05) is 7.05 Å². The topological polar surface area (TPSA) is 108 Å². The van der Waals surface area contributed by atoms with E-state index in [9.17, 15) is 9.59 Å². The van der Waals surface area contributed by atoms with Gasteiger partial charge in [-0.15, -0.1) is 0 Å². The molecule has 1 amide bonds. The van der Waals surface area contributed by atoms with Gasteiger partial charge in [0.05, 0.1) is 22.9 Å². The molecular formula is C23H29BN4O5. The highest BCUT2D eigenvalue weighted by atomic mass is 16.7. The van der Waals surface area contributed by atoms with Gasteiger partial charge in [0.15, 0.2) is 0 Å². The average Bonchev–Trinajstić information content (AvgIpc) is 3.23. The zero-order valence-corrected chi connectivity index (χ0v) is 19.8. The number of aryl methyl sites for hydroxylation is 1. The molecule has 0 atom stereocenters. The van der Waals surface area contributed by atoms with Crippen LogP contribution < -0.4 is 10.9 Å². The fourth-order valence-electron chi connectivity index (χ4n) is 4.75. The van der Waals surface area contributed by atoms with Crippen molar-refractivity contribution in [3.63, 3.8) is 0 Å². The van der Waals surface area contributed by atoms with Crippen LogP contribution in [0.1, 0.15) is 57.4 Å². The maximum atomic E-state index is 13.0. The molecule has 2 aliphatic rings. The van der Waals surface area contributed by atoms with Crippen molar-refractivity contribution >= 4 is 35.2 Å². The molecule has 1 aliphatic carbocycles. The standard InChI is InChI=1S/C23H29BN4O5/c1-22(2)23(3,4)33-24(32-22)10-15-13-8-6-7-9-14(13)17-18-19(31-20(17)27-15)21(30)28(12-26-18)11-16(29)25-5/h12H,6-11H2,1-5H3,(H,25,29). The van der Waals surface area contributed by atoms with Gasteiger partial charge in [-0.25, -0.2) is 9.97 Å². The van der Waals surface area contributed by atoms with Gasteiger partial charge in [-0.05, 0) is 64.5 Å². The number of likely N-dealkylation sites (N-methyl/N-ethyl adjacent to an activating group) is 1. The Kier molecular flexibility index (Phi) is 5.13. The second-order valence-electron chi connectivity index (χ2n) is 9.92. The van der Waals surface area contributed by atoms with Crippen molar-refractivity contribution in [3.05, 3.63) is 33.5 Å². The number of carbonyl (C=O) groups excluding carboxylic acids is 1. The molecule has 0 bridgehead atoms. The zero-order chi connectivity index (χ0) is 23.5. The molecule has 3 aromatic rings. The molecule has 0 unspecified atom stereocenters. The highest BCUT2D eigenvalue weighted by Crippen LogP contribution is 2.39. The van der Waals surface area contributed by atoms with Crippen LogP contribution in [0, 0.1) is 0 Å². The quantitative estimate of drug-likeness (QED) is 0.606. The lowest BCUT2D eigenvalue weighted by atomic mass is 9.78. The van der Waals surface area contributed by atoms with Crippen LogP contribution in [0.25, 0.3) is 22.2 Å². The van der Waals surface area contributed by atoms with Gasteiger partial charge in [-0.2, -0.15) is 0 Å². The normalized spacial score (nSPS) is 19.2. The molecule has 5 rings (SSSR count). The van der Waals surface area contributed by atoms with E-state index in [4.69, 9.17) is 18.7 Å². The Balaban J connectivity index is 1.62. The minimum atomic E-state index is -0.416. The first kappa shape index (κ1) is 22.1. The largest absolute Gasteiger partial charge is 0.464 e. The summed E-state index contributed by atoms with van der Waals surface area (Å²) in [5, 5.41) is 3.32. The zero-order valence-electron chi connectivity index (χ0n) is 19.8. The molecule has 1 N–H and O–H groups in total. The van der Waals surface area contributed by atoms with Gasteiger partial charge in [0.1, 0.15) is 12.1 Å². The van der Waals surface area contributed by atoms with E-state index in [2.05, 4.69) is 10.3 Å². The summed E-state index contributed by atoms with van der Waals surface area (Å²) in [5.74, 6) is -0.283. The van der Waals surface area contributed by atoms with Gasteiger partial charge >= 0.3 is 7.12 Å². The van der Waals surface area contributed by atoms with E-state index in [0.717, 1.165) is 42.3 Å². The van der Waals surface area contributed by atoms with Gasteiger partial charge in [0, 0.05) is 19.1 Å². The molecule has 0 saturated carbocycles. The molecule has 3 aromatic heterocycles. The highest BCUT2D eigenvalue weighted by molar-refractivity contribution is 6.45. The number of amides is 1. The number of rotatable bonds is 4. The number of pyridine rings is 1. The lowest BCUT2D eigenvalue weighted by Gasteiger charge is -2.32. The van der Waals surface area contributed by atoms with Crippen LogP contribution in [-0.4, -0.2) is 45.8 Å². The SMILES string of the molecule is CNC(=O)Cn1cnc2c(oc3nc(CB4OC(C)(C)C(C)(C)O4)c4c(c32)CCCC4)c1=O. The second kappa shape index (κ2) is 7.67. The fraction of sp³-hybridized carbons (Fsp3) is 0.565. The lowest BCUT2D eigenvalue weighted by molar-refractivity contribution is -0.121. The Morgan fingerprint density at radius 3 is 2.48 bits per heavy atom. The minimum Gasteiger partial charge on any atom is -0.430 e. The number of fused-ring (bicyclic) bond motifs is 5. The summed E-state index contributed by atoms with van der Waals surface area (Å²) in [6.45, 7) is 8.03. The van der Waals surface area contributed by atoms with Gasteiger partial charge in [-0.1, -0.05) is 0 Å². The maximum absolute atomic E-state index is 13.0. The van der Waals surface area contributed by atoms with Crippen LogP contribution in [-0.2, 0) is 39.8 Å². The van der Waals surface area contributed by atoms with Crippen molar-refractivity contribution in [2.24, 2.45) is 0 Å². The summed E-state index contributed by atoms with van der Waals surface area (Å²) in [7, 11) is 1.12. The van der Waals surface area contributed by atoms with Crippen molar-refractivity contribution in [3.8, 4) is 0 Å². The molecule has 174 valence electrons. The predicted octanol–water partition coefficient (Wildman–Crippen LogP) is 2.34. The number of nitrogens with one attached hydrogen (secondary N) is 1. The monoisotopic (exact) mass is 452 g/mol. The van der Waals surface area contributed by atoms with Gasteiger partial charge in [0.2, 0.25) is 17.2 Å². The molecule has 0 aromatic carbocycles. The van der Waals surface area contributed by atoms with Gasteiger partial charge in [-0.3, -0.25) is 14.2 Å². The molecule has 10 heteroatoms. The number of nitrogens with zero attached hydrogens (tertiary/aromatic N) is 3. The van der Waals surface area contributed by atoms with Crippen molar-refractivity contribution in [2.45, 2.75) is 77.4 Å². The first-order chi connectivity index (χ1) is 15.6. The third-order valence-electron chi connectivity index (χ3n) is 7.26. The molecule has 1 fully saturated rings. The molecule has 4 heterocycles. The lowest BCUT2D eigenvalue weighted by Crippen LogP contribution is -2.41. The number of hydrogen-bond donors (Lipinski definition) is 1. The summed E-state index contributed by atoms with van der Waals surface area (Å²) < 4.78 is 19.7. The van der Waals surface area contributed by atoms with Crippen LogP contribution in [0.4, 0.5) is 0 Å². The minimum absolute atomic E-state index is 0.117. The number of carbonyl (C=O) groups is 1. The fourth-order valence-corrected chi connectivity index (χ4v) is 4.75. The molecule has 0 radical (unpaired) electrons. The third-order valence-corrected chi connectivity index (χ3v) is 7.26. The van der Waals surface area contributed by atoms with E-state index in [-0.39, 0.29) is 18.0 Å². The summed E-state index contributed by atoms with van der Waals surface area (Å²) in [4.78, 5) is 34.1. The van der Waals surface area contributed by atoms with E-state index < -0.39 is 23.9 Å². The Hall–Kier alpha value is -2.72. The predicted molar refractivity (Wildman–Crippen MR) is 124 cm³/mol. The van der Waals surface area contributed by atoms with Crippen molar-refractivity contribution in [1.82, 2.24) is 19.9 Å². The number of aromatic nitrogens is 3. The molecule has 0 spiro atoms. The Morgan fingerprint density at radius 2 is 1.82 bits per heavy atom. The average molecular weight is 452 g/mol. The molecule has 1 saturated heterocycles. The first-order valence-electron chi connectivity index (χ1n) is 11.5. The van der Waals surface area contributed by atoms with Crippen LogP contribution in [0.15, 0.2) is 15.5 Å². The summed E-state index contributed by atoms with van der Waals surface area (Å²) in [6, 6.07) is 0. The van der Waals surface area contributed by atoms with E-state index in [0.29, 0.717) is 17.6 Å². The summed E-state index contributed by atoms with van der Waals surface area (Å²) in [5.41, 5.74) is 3.04. The Bertz CT molecular complexity index is 1310. The maximum Gasteiger partial charge on any atom is 0.464 e. The number of hydrogen-bond acceptors (Lipinski definition) is 7. The smallest absolute Gasteiger partial charge is 0.430 e. The van der Waals surface area contributed by atoms with Gasteiger partial charge in [0.25, 0.3) is 5.56 Å². The molecular weight excluding hydrogens is 423 g/mol. The van der Waals surface area contributed by atoms with Crippen LogP contribution in [0.3, 0.4) is 0 Å². The van der Waals surface area contributed by atoms with E-state index in [1.165, 1.54) is 23.5 Å². The van der Waals surface area contributed by atoms with Crippen molar-refractivity contribution in [1.29, 1.82) is 0 Å². The third kappa shape index (κ3) is 3.56. The second-order valence-corrected chi connectivity index (χ2v) is 9.92. The van der Waals surface area contributed by atoms with E-state index >= 15 is 0 Å². The number of furan rings is 1. The Morgan fingerprint density at radius 1 is 1.15 bits per heavy atom. The van der Waals surface area contributed by atoms with Crippen LogP contribution in [0.2, 0.25) is 0 Å². The summed E-state index contributed by atoms with van der Waals surface area (Å²) in [6.07, 6.45) is 5.84. The van der Waals surface area contributed by atoms with Gasteiger partial charge < -0.3 is 19.0 Å². The van der Waals surface area contributed by atoms with Crippen LogP contribution in [0.5, 0.6) is 0 Å². The van der Waals surface area contributed by atoms with E-state index in [1.807, 2.05) is 27.7 Å². The van der Waals surface area contributed by atoms with Crippen LogP contribution >= 0.6 is 0 Å². The molecule has 1 aliphatic heterocycles. The highest BCUT2D eigenvalue weighted by Gasteiger charge is 2.51. The molecule has 33 heavy (non-hydrogen) atoms. The summed E-state index contributed by atoms with van der Waals surface area (Å²) >= 11 is 0. The molecule has 9 nitrogen and oxygen atoms in total. The van der Waals surface area contributed by atoms with E-state index in [1.54, 1.807) is 0 Å². The first-order valence-corrected chi connectivity index (χ1v) is 11.5. The Labute approximate surface area is 192 Å². The van der Waals surface area contributed by atoms with Crippen molar-refractivity contribution < 1.29 is 18.5 Å².